The zero-order valence-corrected chi connectivity index (χ0v) is 14.3. The third kappa shape index (κ3) is 3.33. The molecule has 0 spiro atoms. The van der Waals surface area contributed by atoms with Gasteiger partial charge < -0.3 is 14.6 Å². The molecular weight excluding hydrogens is 351 g/mol. The zero-order chi connectivity index (χ0) is 18.8. The Hall–Kier alpha value is -3.42. The summed E-state index contributed by atoms with van der Waals surface area (Å²) in [6.07, 6.45) is 5.87. The number of anilines is 1. The number of hydrogen-bond donors (Lipinski definition) is 1. The van der Waals surface area contributed by atoms with Crippen molar-refractivity contribution in [2.24, 2.45) is 0 Å². The van der Waals surface area contributed by atoms with E-state index in [1.807, 2.05) is 0 Å². The van der Waals surface area contributed by atoms with Crippen LogP contribution in [0.1, 0.15) is 23.4 Å². The number of hydrogen-bond acceptors (Lipinski definition) is 4. The fraction of sp³-hybridized carbons (Fsp3) is 0.211. The first-order valence-electron chi connectivity index (χ1n) is 8.58. The molecule has 0 radical (unpaired) electrons. The second-order valence-electron chi connectivity index (χ2n) is 6.24. The Kier molecular flexibility index (Phi) is 4.45. The SMILES string of the molecule is O=C(Nc1ccc(-n2cccn2)c(F)c1)[C@H]1CCCN1C(=O)c1ccco1. The second kappa shape index (κ2) is 7.06. The maximum absolute atomic E-state index is 14.3. The lowest BCUT2D eigenvalue weighted by atomic mass is 10.2. The van der Waals surface area contributed by atoms with Crippen molar-refractivity contribution in [3.8, 4) is 5.69 Å². The average molecular weight is 368 g/mol. The summed E-state index contributed by atoms with van der Waals surface area (Å²) in [5.74, 6) is -0.979. The zero-order valence-electron chi connectivity index (χ0n) is 14.3. The van der Waals surface area contributed by atoms with Crippen LogP contribution in [0.4, 0.5) is 10.1 Å². The van der Waals surface area contributed by atoms with Crippen LogP contribution in [0.15, 0.2) is 59.5 Å². The van der Waals surface area contributed by atoms with E-state index in [0.717, 1.165) is 6.42 Å². The van der Waals surface area contributed by atoms with Gasteiger partial charge in [0.1, 0.15) is 11.7 Å². The molecule has 138 valence electrons. The predicted molar refractivity (Wildman–Crippen MR) is 94.9 cm³/mol. The summed E-state index contributed by atoms with van der Waals surface area (Å²) in [4.78, 5) is 26.6. The molecule has 4 rings (SSSR count). The van der Waals surface area contributed by atoms with Crippen LogP contribution in [0, 0.1) is 5.82 Å². The van der Waals surface area contributed by atoms with E-state index in [0.29, 0.717) is 18.7 Å². The highest BCUT2D eigenvalue weighted by Gasteiger charge is 2.35. The summed E-state index contributed by atoms with van der Waals surface area (Å²) in [6, 6.07) is 8.66. The van der Waals surface area contributed by atoms with Crippen LogP contribution in [0.3, 0.4) is 0 Å². The minimum Gasteiger partial charge on any atom is -0.459 e. The topological polar surface area (TPSA) is 80.4 Å². The molecule has 2 aromatic heterocycles. The van der Waals surface area contributed by atoms with Crippen molar-refractivity contribution in [3.05, 3.63) is 66.6 Å². The molecule has 0 bridgehead atoms. The van der Waals surface area contributed by atoms with Gasteiger partial charge in [0.05, 0.1) is 6.26 Å². The van der Waals surface area contributed by atoms with E-state index in [1.165, 1.54) is 21.9 Å². The maximum Gasteiger partial charge on any atom is 0.290 e. The summed E-state index contributed by atoms with van der Waals surface area (Å²) in [6.45, 7) is 0.476. The number of nitrogens with one attached hydrogen (secondary N) is 1. The van der Waals surface area contributed by atoms with Crippen molar-refractivity contribution in [2.75, 3.05) is 11.9 Å². The minimum atomic E-state index is -0.614. The molecule has 0 unspecified atom stereocenters. The molecule has 1 atom stereocenters. The van der Waals surface area contributed by atoms with E-state index >= 15 is 0 Å². The number of halogens is 1. The molecule has 1 N–H and O–H groups in total. The lowest BCUT2D eigenvalue weighted by Crippen LogP contribution is -2.43. The molecule has 0 saturated carbocycles. The molecule has 7 nitrogen and oxygen atoms in total. The van der Waals surface area contributed by atoms with Crippen LogP contribution in [0.5, 0.6) is 0 Å². The van der Waals surface area contributed by atoms with E-state index in [-0.39, 0.29) is 23.3 Å². The third-order valence-electron chi connectivity index (χ3n) is 4.51. The van der Waals surface area contributed by atoms with Crippen LogP contribution in [0.2, 0.25) is 0 Å². The number of aromatic nitrogens is 2. The first-order chi connectivity index (χ1) is 13.1. The van der Waals surface area contributed by atoms with Gasteiger partial charge in [-0.05, 0) is 49.2 Å². The molecule has 1 aliphatic rings. The number of nitrogens with zero attached hydrogens (tertiary/aromatic N) is 3. The van der Waals surface area contributed by atoms with E-state index in [2.05, 4.69) is 10.4 Å². The molecule has 1 saturated heterocycles. The molecule has 2 amide bonds. The van der Waals surface area contributed by atoms with Crippen LogP contribution in [0.25, 0.3) is 5.69 Å². The van der Waals surface area contributed by atoms with Gasteiger partial charge in [-0.3, -0.25) is 9.59 Å². The number of amides is 2. The number of carbonyl (C=O) groups is 2. The largest absolute Gasteiger partial charge is 0.459 e. The van der Waals surface area contributed by atoms with Crippen LogP contribution < -0.4 is 5.32 Å². The summed E-state index contributed by atoms with van der Waals surface area (Å²) in [5, 5.41) is 6.69. The Bertz CT molecular complexity index is 954. The molecular formula is C19H17FN4O3. The number of likely N-dealkylation sites (tertiary alicyclic amines) is 1. The molecule has 1 fully saturated rings. The van der Waals surface area contributed by atoms with Gasteiger partial charge in [0.2, 0.25) is 5.91 Å². The van der Waals surface area contributed by atoms with E-state index in [4.69, 9.17) is 4.42 Å². The Morgan fingerprint density at radius 1 is 1.26 bits per heavy atom. The molecule has 1 aliphatic heterocycles. The molecule has 3 heterocycles. The highest BCUT2D eigenvalue weighted by atomic mass is 19.1. The van der Waals surface area contributed by atoms with Gasteiger partial charge in [-0.1, -0.05) is 0 Å². The van der Waals surface area contributed by atoms with Crippen LogP contribution in [-0.4, -0.2) is 39.1 Å². The summed E-state index contributed by atoms with van der Waals surface area (Å²) in [7, 11) is 0. The van der Waals surface area contributed by atoms with Gasteiger partial charge in [-0.25, -0.2) is 9.07 Å². The maximum atomic E-state index is 14.3. The smallest absolute Gasteiger partial charge is 0.290 e. The molecule has 3 aromatic rings. The summed E-state index contributed by atoms with van der Waals surface area (Å²) in [5.41, 5.74) is 0.610. The van der Waals surface area contributed by atoms with E-state index in [9.17, 15) is 14.0 Å². The highest BCUT2D eigenvalue weighted by Crippen LogP contribution is 2.23. The standard InChI is InChI=1S/C19H17FN4O3/c20-14-12-13(6-7-15(14)24-10-3-8-21-24)22-18(25)16-4-1-9-23(16)19(26)17-5-2-11-27-17/h2-3,5-8,10-12,16H,1,4,9H2,(H,22,25)/t16-/m1/s1. The van der Waals surface area contributed by atoms with Crippen LogP contribution >= 0.6 is 0 Å². The Morgan fingerprint density at radius 2 is 2.15 bits per heavy atom. The first-order valence-corrected chi connectivity index (χ1v) is 8.58. The molecule has 1 aromatic carbocycles. The third-order valence-corrected chi connectivity index (χ3v) is 4.51. The van der Waals surface area contributed by atoms with Crippen molar-refractivity contribution in [2.45, 2.75) is 18.9 Å². The van der Waals surface area contributed by atoms with Crippen molar-refractivity contribution in [3.63, 3.8) is 0 Å². The van der Waals surface area contributed by atoms with Gasteiger partial charge >= 0.3 is 0 Å². The van der Waals surface area contributed by atoms with Crippen molar-refractivity contribution < 1.29 is 18.4 Å². The lowest BCUT2D eigenvalue weighted by Gasteiger charge is -2.23. The summed E-state index contributed by atoms with van der Waals surface area (Å²) >= 11 is 0. The minimum absolute atomic E-state index is 0.198. The van der Waals surface area contributed by atoms with Crippen molar-refractivity contribution in [1.82, 2.24) is 14.7 Å². The highest BCUT2D eigenvalue weighted by molar-refractivity contribution is 6.00. The average Bonchev–Trinajstić information content (AvgIpc) is 3.43. The fourth-order valence-electron chi connectivity index (χ4n) is 3.23. The first kappa shape index (κ1) is 17.0. The van der Waals surface area contributed by atoms with Gasteiger partial charge in [0, 0.05) is 24.6 Å². The van der Waals surface area contributed by atoms with Crippen LogP contribution in [-0.2, 0) is 4.79 Å². The van der Waals surface area contributed by atoms with Gasteiger partial charge in [-0.2, -0.15) is 5.10 Å². The Labute approximate surface area is 154 Å². The Morgan fingerprint density at radius 3 is 2.85 bits per heavy atom. The number of rotatable bonds is 4. The molecule has 0 aliphatic carbocycles. The molecule has 27 heavy (non-hydrogen) atoms. The van der Waals surface area contributed by atoms with Crippen molar-refractivity contribution in [1.29, 1.82) is 0 Å². The summed E-state index contributed by atoms with van der Waals surface area (Å²) < 4.78 is 20.9. The Balaban J connectivity index is 1.48. The van der Waals surface area contributed by atoms with Gasteiger partial charge in [-0.15, -0.1) is 0 Å². The second-order valence-corrected chi connectivity index (χ2v) is 6.24. The molecule has 8 heteroatoms. The van der Waals surface area contributed by atoms with Gasteiger partial charge in [0.15, 0.2) is 11.6 Å². The number of carbonyl (C=O) groups excluding carboxylic acids is 2. The predicted octanol–water partition coefficient (Wildman–Crippen LogP) is 2.85. The number of furan rings is 1. The lowest BCUT2D eigenvalue weighted by molar-refractivity contribution is -0.119. The van der Waals surface area contributed by atoms with E-state index < -0.39 is 11.9 Å². The normalized spacial score (nSPS) is 16.5. The fourth-order valence-corrected chi connectivity index (χ4v) is 3.23. The number of benzene rings is 1. The van der Waals surface area contributed by atoms with Gasteiger partial charge in [0.25, 0.3) is 5.91 Å². The van der Waals surface area contributed by atoms with Crippen molar-refractivity contribution >= 4 is 17.5 Å². The monoisotopic (exact) mass is 368 g/mol. The van der Waals surface area contributed by atoms with E-state index in [1.54, 1.807) is 42.7 Å². The quantitative estimate of drug-likeness (QED) is 0.768.